The molecule has 0 unspecified atom stereocenters. The molecular formula is C14H31NO5Si. The molecule has 0 radical (unpaired) electrons. The molecule has 1 N–H and O–H groups in total. The molecule has 0 spiro atoms. The lowest BCUT2D eigenvalue weighted by Crippen LogP contribution is -2.42. The van der Waals surface area contributed by atoms with E-state index in [-0.39, 0.29) is 0 Å². The van der Waals surface area contributed by atoms with E-state index in [9.17, 15) is 4.79 Å². The van der Waals surface area contributed by atoms with Crippen molar-refractivity contribution in [1.82, 2.24) is 4.90 Å². The topological polar surface area (TPSA) is 68.2 Å². The van der Waals surface area contributed by atoms with Crippen molar-refractivity contribution in [3.8, 4) is 0 Å². The van der Waals surface area contributed by atoms with Gasteiger partial charge in [0.05, 0.1) is 0 Å². The van der Waals surface area contributed by atoms with E-state index in [2.05, 4.69) is 6.92 Å². The maximum Gasteiger partial charge on any atom is 0.500 e. The Morgan fingerprint density at radius 2 is 1.67 bits per heavy atom. The molecule has 6 nitrogen and oxygen atoms in total. The smallest absolute Gasteiger partial charge is 0.478 e. The van der Waals surface area contributed by atoms with Gasteiger partial charge in [0.1, 0.15) is 0 Å². The fourth-order valence-corrected chi connectivity index (χ4v) is 3.21. The standard InChI is InChI=1S/C8H15NO2.C6H16O3Si/c1-7(8(10)11)5-4-6-9(2)3;1-5-6-10(7-2,8-3)9-4/h5H,4,6H2,1-3H3,(H,10,11);5-6H2,1-4H3. The summed E-state index contributed by atoms with van der Waals surface area (Å²) in [5.74, 6) is -0.830. The van der Waals surface area contributed by atoms with Crippen LogP contribution in [-0.2, 0) is 18.1 Å². The average Bonchev–Trinajstić information content (AvgIpc) is 2.45. The van der Waals surface area contributed by atoms with Crippen LogP contribution in [0.25, 0.3) is 0 Å². The number of nitrogens with zero attached hydrogens (tertiary/aromatic N) is 1. The van der Waals surface area contributed by atoms with Gasteiger partial charge in [-0.1, -0.05) is 19.4 Å². The highest BCUT2D eigenvalue weighted by Gasteiger charge is 2.36. The molecule has 0 aliphatic carbocycles. The summed E-state index contributed by atoms with van der Waals surface area (Å²) in [5, 5.41) is 8.47. The fraction of sp³-hybridized carbons (Fsp3) is 0.786. The van der Waals surface area contributed by atoms with E-state index in [1.807, 2.05) is 19.0 Å². The van der Waals surface area contributed by atoms with Crippen LogP contribution in [0, 0.1) is 0 Å². The van der Waals surface area contributed by atoms with Crippen LogP contribution < -0.4 is 0 Å². The Bertz CT molecular complexity index is 295. The quantitative estimate of drug-likeness (QED) is 0.519. The number of carboxylic acid groups (broad SMARTS) is 1. The van der Waals surface area contributed by atoms with Gasteiger partial charge in [0.2, 0.25) is 0 Å². The molecule has 0 heterocycles. The van der Waals surface area contributed by atoms with E-state index >= 15 is 0 Å². The number of carboxylic acids is 1. The first-order valence-electron chi connectivity index (χ1n) is 6.98. The van der Waals surface area contributed by atoms with Gasteiger partial charge in [0, 0.05) is 39.5 Å². The molecule has 0 aromatic carbocycles. The SMILES string of the molecule is CC(=CCCN(C)C)C(=O)O.CCC[Si](OC)(OC)OC. The summed E-state index contributed by atoms with van der Waals surface area (Å²) in [7, 11) is 6.61. The molecule has 0 bridgehead atoms. The summed E-state index contributed by atoms with van der Waals surface area (Å²) in [6.07, 6.45) is 3.56. The third kappa shape index (κ3) is 11.6. The maximum absolute atomic E-state index is 10.3. The molecule has 0 aromatic heterocycles. The van der Waals surface area contributed by atoms with Crippen molar-refractivity contribution in [3.05, 3.63) is 11.6 Å². The van der Waals surface area contributed by atoms with Crippen LogP contribution >= 0.6 is 0 Å². The number of hydrogen-bond donors (Lipinski definition) is 1. The molecule has 0 saturated carbocycles. The zero-order chi connectivity index (χ0) is 16.9. The van der Waals surface area contributed by atoms with Crippen molar-refractivity contribution in [1.29, 1.82) is 0 Å². The minimum Gasteiger partial charge on any atom is -0.478 e. The Morgan fingerprint density at radius 1 is 1.19 bits per heavy atom. The second-order valence-corrected chi connectivity index (χ2v) is 7.92. The van der Waals surface area contributed by atoms with Crippen molar-refractivity contribution in [2.45, 2.75) is 32.7 Å². The summed E-state index contributed by atoms with van der Waals surface area (Å²) >= 11 is 0. The number of rotatable bonds is 9. The van der Waals surface area contributed by atoms with E-state index in [1.165, 1.54) is 0 Å². The molecule has 0 aliphatic heterocycles. The molecule has 0 fully saturated rings. The number of aliphatic carboxylic acids is 1. The van der Waals surface area contributed by atoms with Crippen LogP contribution in [0.5, 0.6) is 0 Å². The van der Waals surface area contributed by atoms with Crippen LogP contribution in [0.3, 0.4) is 0 Å². The number of carbonyl (C=O) groups is 1. The summed E-state index contributed by atoms with van der Waals surface area (Å²) in [6.45, 7) is 4.58. The van der Waals surface area contributed by atoms with Gasteiger partial charge in [-0.05, 0) is 27.4 Å². The first-order valence-corrected chi connectivity index (χ1v) is 8.91. The van der Waals surface area contributed by atoms with Crippen LogP contribution in [0.4, 0.5) is 0 Å². The average molecular weight is 321 g/mol. The van der Waals surface area contributed by atoms with E-state index in [0.717, 1.165) is 25.4 Å². The molecule has 0 atom stereocenters. The van der Waals surface area contributed by atoms with Crippen molar-refractivity contribution in [2.75, 3.05) is 42.0 Å². The molecule has 7 heteroatoms. The largest absolute Gasteiger partial charge is 0.500 e. The molecule has 126 valence electrons. The molecule has 0 amide bonds. The minimum atomic E-state index is -2.22. The lowest BCUT2D eigenvalue weighted by Gasteiger charge is -2.23. The van der Waals surface area contributed by atoms with E-state index in [1.54, 1.807) is 34.3 Å². The predicted octanol–water partition coefficient (Wildman–Crippen LogP) is 2.24. The van der Waals surface area contributed by atoms with Crippen molar-refractivity contribution in [2.24, 2.45) is 0 Å². The Kier molecular flexibility index (Phi) is 13.9. The molecule has 0 aromatic rings. The first-order chi connectivity index (χ1) is 9.78. The predicted molar refractivity (Wildman–Crippen MR) is 86.4 cm³/mol. The lowest BCUT2D eigenvalue weighted by atomic mass is 10.2. The normalized spacial score (nSPS) is 12.1. The van der Waals surface area contributed by atoms with Gasteiger partial charge >= 0.3 is 14.8 Å². The number of hydrogen-bond acceptors (Lipinski definition) is 5. The van der Waals surface area contributed by atoms with Crippen LogP contribution in [0.1, 0.15) is 26.7 Å². The Labute approximate surface area is 130 Å². The van der Waals surface area contributed by atoms with Crippen molar-refractivity contribution in [3.63, 3.8) is 0 Å². The highest BCUT2D eigenvalue weighted by Crippen LogP contribution is 2.13. The van der Waals surface area contributed by atoms with Crippen LogP contribution in [0.15, 0.2) is 11.6 Å². The Hall–Kier alpha value is -0.733. The molecule has 0 saturated heterocycles. The summed E-state index contributed by atoms with van der Waals surface area (Å²) in [5.41, 5.74) is 0.423. The van der Waals surface area contributed by atoms with E-state index < -0.39 is 14.8 Å². The lowest BCUT2D eigenvalue weighted by molar-refractivity contribution is -0.132. The third-order valence-corrected chi connectivity index (χ3v) is 5.83. The second-order valence-electron chi connectivity index (χ2n) is 4.83. The van der Waals surface area contributed by atoms with Gasteiger partial charge in [0.15, 0.2) is 0 Å². The van der Waals surface area contributed by atoms with E-state index in [0.29, 0.717) is 5.57 Å². The zero-order valence-corrected chi connectivity index (χ0v) is 15.4. The minimum absolute atomic E-state index is 0.423. The molecule has 0 aliphatic rings. The van der Waals surface area contributed by atoms with E-state index in [4.69, 9.17) is 18.4 Å². The van der Waals surface area contributed by atoms with Crippen molar-refractivity contribution < 1.29 is 23.2 Å². The highest BCUT2D eigenvalue weighted by molar-refractivity contribution is 6.60. The highest BCUT2D eigenvalue weighted by atomic mass is 28.4. The first kappa shape index (κ1) is 22.5. The second kappa shape index (κ2) is 13.0. The molecule has 21 heavy (non-hydrogen) atoms. The van der Waals surface area contributed by atoms with Gasteiger partial charge in [-0.25, -0.2) is 4.79 Å². The van der Waals surface area contributed by atoms with Crippen molar-refractivity contribution >= 4 is 14.8 Å². The fourth-order valence-electron chi connectivity index (χ4n) is 1.49. The van der Waals surface area contributed by atoms with Crippen LogP contribution in [-0.4, -0.2) is 66.7 Å². The van der Waals surface area contributed by atoms with Gasteiger partial charge in [-0.2, -0.15) is 0 Å². The van der Waals surface area contributed by atoms with Gasteiger partial charge in [0.25, 0.3) is 0 Å². The monoisotopic (exact) mass is 321 g/mol. The zero-order valence-electron chi connectivity index (χ0n) is 14.4. The summed E-state index contributed by atoms with van der Waals surface area (Å²) in [4.78, 5) is 12.3. The van der Waals surface area contributed by atoms with Gasteiger partial charge in [-0.3, -0.25) is 0 Å². The third-order valence-electron chi connectivity index (χ3n) is 2.85. The van der Waals surface area contributed by atoms with Gasteiger partial charge in [-0.15, -0.1) is 0 Å². The summed E-state index contributed by atoms with van der Waals surface area (Å²) in [6, 6.07) is 0.885. The Morgan fingerprint density at radius 3 is 1.90 bits per heavy atom. The Balaban J connectivity index is 0. The maximum atomic E-state index is 10.3. The van der Waals surface area contributed by atoms with Gasteiger partial charge < -0.3 is 23.3 Å². The molecule has 0 rings (SSSR count). The molecular weight excluding hydrogens is 290 g/mol. The van der Waals surface area contributed by atoms with Crippen LogP contribution in [0.2, 0.25) is 6.04 Å². The summed E-state index contributed by atoms with van der Waals surface area (Å²) < 4.78 is 15.5.